The van der Waals surface area contributed by atoms with Gasteiger partial charge in [0.25, 0.3) is 0 Å². The number of tetrazole rings is 1. The number of oxime groups is 1. The first-order chi connectivity index (χ1) is 12.9. The van der Waals surface area contributed by atoms with E-state index in [-0.39, 0.29) is 5.25 Å². The van der Waals surface area contributed by atoms with Crippen LogP contribution in [0.4, 0.5) is 0 Å². The molecule has 0 aliphatic heterocycles. The number of hydrogen-bond donors (Lipinski definition) is 1. The lowest BCUT2D eigenvalue weighted by Gasteiger charge is -2.18. The Morgan fingerprint density at radius 1 is 0.962 bits per heavy atom. The second kappa shape index (κ2) is 10.3. The predicted molar refractivity (Wildman–Crippen MR) is 104 cm³/mol. The van der Waals surface area contributed by atoms with Crippen LogP contribution in [0.25, 0.3) is 5.69 Å². The third kappa shape index (κ3) is 5.30. The third-order valence-electron chi connectivity index (χ3n) is 4.84. The summed E-state index contributed by atoms with van der Waals surface area (Å²) in [5, 5.41) is 26.3. The number of aromatic nitrogens is 4. The highest BCUT2D eigenvalue weighted by Crippen LogP contribution is 2.29. The minimum Gasteiger partial charge on any atom is -0.411 e. The Morgan fingerprint density at radius 3 is 2.38 bits per heavy atom. The average molecular weight is 374 g/mol. The molecule has 2 aromatic rings. The van der Waals surface area contributed by atoms with E-state index in [1.54, 1.807) is 16.4 Å². The molecule has 1 aliphatic carbocycles. The van der Waals surface area contributed by atoms with Crippen LogP contribution in [0, 0.1) is 0 Å². The van der Waals surface area contributed by atoms with Crippen molar-refractivity contribution in [3.05, 3.63) is 30.3 Å². The van der Waals surface area contributed by atoms with Gasteiger partial charge in [-0.3, -0.25) is 0 Å². The Kier molecular flexibility index (Phi) is 7.49. The van der Waals surface area contributed by atoms with E-state index in [2.05, 4.69) is 20.7 Å². The molecule has 3 rings (SSSR count). The van der Waals surface area contributed by atoms with Crippen LogP contribution < -0.4 is 0 Å². The summed E-state index contributed by atoms with van der Waals surface area (Å²) in [5.41, 5.74) is 1.81. The maximum atomic E-state index is 9.60. The summed E-state index contributed by atoms with van der Waals surface area (Å²) < 4.78 is 1.76. The number of hydrogen-bond acceptors (Lipinski definition) is 6. The highest BCUT2D eigenvalue weighted by Gasteiger charge is 2.22. The summed E-state index contributed by atoms with van der Waals surface area (Å²) in [6, 6.07) is 9.90. The summed E-state index contributed by atoms with van der Waals surface area (Å²) in [4.78, 5) is 0. The van der Waals surface area contributed by atoms with Crippen molar-refractivity contribution in [2.24, 2.45) is 5.16 Å². The molecule has 0 radical (unpaired) electrons. The average Bonchev–Trinajstić information content (AvgIpc) is 3.13. The lowest BCUT2D eigenvalue weighted by atomic mass is 9.99. The van der Waals surface area contributed by atoms with Gasteiger partial charge in [0, 0.05) is 0 Å². The number of nitrogens with zero attached hydrogens (tertiary/aromatic N) is 5. The van der Waals surface area contributed by atoms with E-state index in [1.165, 1.54) is 38.5 Å². The monoisotopic (exact) mass is 373 g/mol. The number of thioether (sulfide) groups is 1. The second-order valence-electron chi connectivity index (χ2n) is 6.77. The summed E-state index contributed by atoms with van der Waals surface area (Å²) in [5.74, 6) is 0. The topological polar surface area (TPSA) is 76.2 Å². The first kappa shape index (κ1) is 18.9. The largest absolute Gasteiger partial charge is 0.411 e. The Balaban J connectivity index is 1.75. The van der Waals surface area contributed by atoms with Crippen LogP contribution in [0.3, 0.4) is 0 Å². The number of benzene rings is 1. The minimum atomic E-state index is 0.118. The molecule has 1 saturated carbocycles. The smallest absolute Gasteiger partial charge is 0.214 e. The van der Waals surface area contributed by atoms with Crippen LogP contribution in [-0.4, -0.2) is 36.4 Å². The first-order valence-corrected chi connectivity index (χ1v) is 10.5. The zero-order valence-corrected chi connectivity index (χ0v) is 15.9. The van der Waals surface area contributed by atoms with Gasteiger partial charge in [0.1, 0.15) is 0 Å². The molecule has 0 spiro atoms. The van der Waals surface area contributed by atoms with Gasteiger partial charge >= 0.3 is 0 Å². The van der Waals surface area contributed by atoms with Gasteiger partial charge < -0.3 is 5.21 Å². The van der Waals surface area contributed by atoms with Gasteiger partial charge in [-0.05, 0) is 41.8 Å². The Morgan fingerprint density at radius 2 is 1.65 bits per heavy atom. The lowest BCUT2D eigenvalue weighted by Crippen LogP contribution is -2.19. The highest BCUT2D eigenvalue weighted by atomic mass is 32.2. The van der Waals surface area contributed by atoms with E-state index in [0.29, 0.717) is 0 Å². The van der Waals surface area contributed by atoms with E-state index < -0.39 is 0 Å². The third-order valence-corrected chi connectivity index (χ3v) is 6.10. The van der Waals surface area contributed by atoms with E-state index in [4.69, 9.17) is 0 Å². The van der Waals surface area contributed by atoms with Crippen molar-refractivity contribution >= 4 is 17.5 Å². The fraction of sp³-hybridized carbons (Fsp3) is 0.579. The summed E-state index contributed by atoms with van der Waals surface area (Å²) >= 11 is 1.61. The quantitative estimate of drug-likeness (QED) is 0.614. The molecule has 1 N–H and O–H groups in total. The Bertz CT molecular complexity index is 688. The van der Waals surface area contributed by atoms with Gasteiger partial charge in [0.05, 0.1) is 16.6 Å². The normalized spacial score (nSPS) is 21.8. The van der Waals surface area contributed by atoms with Gasteiger partial charge in [0.2, 0.25) is 5.16 Å². The Labute approximate surface area is 159 Å². The van der Waals surface area contributed by atoms with Crippen LogP contribution in [0.2, 0.25) is 0 Å². The zero-order valence-electron chi connectivity index (χ0n) is 15.1. The SMILES string of the molecule is ON=C1CCCCCCCCCCC1Sc1nnnn1-c1ccccc1. The van der Waals surface area contributed by atoms with E-state index in [1.807, 2.05) is 30.3 Å². The second-order valence-corrected chi connectivity index (χ2v) is 7.94. The maximum absolute atomic E-state index is 9.60. The molecule has 1 heterocycles. The van der Waals surface area contributed by atoms with Crippen LogP contribution in [0.15, 0.2) is 40.6 Å². The Hall–Kier alpha value is -1.89. The van der Waals surface area contributed by atoms with Crippen molar-refractivity contribution in [1.82, 2.24) is 20.2 Å². The van der Waals surface area contributed by atoms with Gasteiger partial charge in [-0.1, -0.05) is 80.1 Å². The molecule has 1 aromatic heterocycles. The van der Waals surface area contributed by atoms with Gasteiger partial charge in [-0.2, -0.15) is 4.68 Å². The van der Waals surface area contributed by atoms with Crippen LogP contribution in [0.1, 0.15) is 64.2 Å². The van der Waals surface area contributed by atoms with Crippen LogP contribution in [0.5, 0.6) is 0 Å². The molecule has 0 saturated heterocycles. The van der Waals surface area contributed by atoms with E-state index in [9.17, 15) is 5.21 Å². The molecule has 26 heavy (non-hydrogen) atoms. The summed E-state index contributed by atoms with van der Waals surface area (Å²) in [7, 11) is 0. The fourth-order valence-corrected chi connectivity index (χ4v) is 4.54. The molecule has 1 fully saturated rings. The van der Waals surface area contributed by atoms with Gasteiger partial charge in [0.15, 0.2) is 0 Å². The first-order valence-electron chi connectivity index (χ1n) is 9.60. The molecule has 1 atom stereocenters. The maximum Gasteiger partial charge on any atom is 0.214 e. The molecule has 0 amide bonds. The van der Waals surface area contributed by atoms with E-state index in [0.717, 1.165) is 42.2 Å². The molecule has 140 valence electrons. The number of rotatable bonds is 3. The predicted octanol–water partition coefficient (Wildman–Crippen LogP) is 4.87. The van der Waals surface area contributed by atoms with Crippen molar-refractivity contribution in [2.75, 3.05) is 0 Å². The van der Waals surface area contributed by atoms with Crippen LogP contribution >= 0.6 is 11.8 Å². The summed E-state index contributed by atoms with van der Waals surface area (Å²) in [6.07, 6.45) is 11.8. The summed E-state index contributed by atoms with van der Waals surface area (Å²) in [6.45, 7) is 0. The molecular formula is C19H27N5OS. The highest BCUT2D eigenvalue weighted by molar-refractivity contribution is 8.00. The van der Waals surface area contributed by atoms with E-state index >= 15 is 0 Å². The van der Waals surface area contributed by atoms with Crippen molar-refractivity contribution < 1.29 is 5.21 Å². The fourth-order valence-electron chi connectivity index (χ4n) is 3.38. The molecule has 0 bridgehead atoms. The molecule has 1 unspecified atom stereocenters. The standard InChI is InChI=1S/C19H27N5OS/c25-21-17-14-10-5-3-1-2-4-6-11-15-18(17)26-19-20-22-23-24(19)16-12-8-7-9-13-16/h7-9,12-13,18,25H,1-6,10-11,14-15H2. The van der Waals surface area contributed by atoms with Gasteiger partial charge in [-0.15, -0.1) is 5.10 Å². The molecule has 7 heteroatoms. The molecule has 1 aliphatic rings. The molecule has 1 aromatic carbocycles. The van der Waals surface area contributed by atoms with Crippen molar-refractivity contribution in [3.63, 3.8) is 0 Å². The van der Waals surface area contributed by atoms with Gasteiger partial charge in [-0.25, -0.2) is 0 Å². The zero-order chi connectivity index (χ0) is 18.0. The van der Waals surface area contributed by atoms with Crippen molar-refractivity contribution in [1.29, 1.82) is 0 Å². The minimum absolute atomic E-state index is 0.118. The molecular weight excluding hydrogens is 346 g/mol. The van der Waals surface area contributed by atoms with Crippen molar-refractivity contribution in [2.45, 2.75) is 74.6 Å². The lowest BCUT2D eigenvalue weighted by molar-refractivity contribution is 0.315. The van der Waals surface area contributed by atoms with Crippen LogP contribution in [-0.2, 0) is 0 Å². The molecule has 6 nitrogen and oxygen atoms in total. The number of para-hydroxylation sites is 1. The van der Waals surface area contributed by atoms with Crippen molar-refractivity contribution in [3.8, 4) is 5.69 Å².